The van der Waals surface area contributed by atoms with Gasteiger partial charge in [0.1, 0.15) is 17.2 Å². The number of likely N-dealkylation sites (tertiary alicyclic amines) is 1. The van der Waals surface area contributed by atoms with Crippen LogP contribution in [0, 0.1) is 5.92 Å². The second-order valence-corrected chi connectivity index (χ2v) is 9.91. The summed E-state index contributed by atoms with van der Waals surface area (Å²) in [7, 11) is 0. The number of alkyl halides is 1. The Bertz CT molecular complexity index is 1030. The lowest BCUT2D eigenvalue weighted by molar-refractivity contribution is -0.135. The maximum atomic E-state index is 13.4. The first kappa shape index (κ1) is 23.1. The molecule has 1 unspecified atom stereocenters. The minimum atomic E-state index is -0.618. The Kier molecular flexibility index (Phi) is 6.27. The third-order valence-corrected chi connectivity index (χ3v) is 7.18. The molecule has 2 aromatic rings. The molecule has 0 bridgehead atoms. The molecule has 0 saturated carbocycles. The number of piperidine rings is 1. The summed E-state index contributed by atoms with van der Waals surface area (Å²) in [5.74, 6) is -0.0812. The number of benzene rings is 2. The van der Waals surface area contributed by atoms with Gasteiger partial charge in [-0.05, 0) is 48.2 Å². The standard InChI is InChI=1S/C25H28Cl2N2O3/c1-16(2)21(28-22(30)18-6-4-5-17(13-18)14-26)23(31)29-12-11-25(24(3,15-29)32-25)19-7-9-20(27)10-8-19/h4-10,13,16,21H,11-12,14-15H2,1-3H3,(H,28,30)/t21-,24?,25+/m1/s1. The largest absolute Gasteiger partial charge is 0.356 e. The van der Waals surface area contributed by atoms with Crippen LogP contribution in [0.3, 0.4) is 0 Å². The van der Waals surface area contributed by atoms with Gasteiger partial charge in [0.05, 0.1) is 6.54 Å². The molecule has 2 fully saturated rings. The average Bonchev–Trinajstić information content (AvgIpc) is 3.43. The van der Waals surface area contributed by atoms with Crippen molar-refractivity contribution in [1.82, 2.24) is 10.2 Å². The first-order valence-electron chi connectivity index (χ1n) is 10.9. The predicted molar refractivity (Wildman–Crippen MR) is 126 cm³/mol. The van der Waals surface area contributed by atoms with Crippen LogP contribution in [0.4, 0.5) is 0 Å². The zero-order chi connectivity index (χ0) is 23.1. The number of nitrogens with zero attached hydrogens (tertiary/aromatic N) is 1. The van der Waals surface area contributed by atoms with Crippen molar-refractivity contribution >= 4 is 35.0 Å². The summed E-state index contributed by atoms with van der Waals surface area (Å²) >= 11 is 11.9. The first-order chi connectivity index (χ1) is 15.2. The molecule has 0 aliphatic carbocycles. The summed E-state index contributed by atoms with van der Waals surface area (Å²) < 4.78 is 6.24. The monoisotopic (exact) mass is 474 g/mol. The number of hydrogen-bond donors (Lipinski definition) is 1. The lowest BCUT2D eigenvalue weighted by Crippen LogP contribution is -2.55. The van der Waals surface area contributed by atoms with Crippen molar-refractivity contribution in [2.75, 3.05) is 13.1 Å². The lowest BCUT2D eigenvalue weighted by atomic mass is 9.81. The van der Waals surface area contributed by atoms with Crippen LogP contribution in [0.2, 0.25) is 5.02 Å². The zero-order valence-electron chi connectivity index (χ0n) is 18.5. The van der Waals surface area contributed by atoms with Crippen LogP contribution >= 0.6 is 23.2 Å². The number of ether oxygens (including phenoxy) is 1. The van der Waals surface area contributed by atoms with E-state index in [0.29, 0.717) is 36.0 Å². The van der Waals surface area contributed by atoms with Gasteiger partial charge in [0.15, 0.2) is 0 Å². The molecule has 2 aliphatic heterocycles. The molecule has 2 aliphatic rings. The van der Waals surface area contributed by atoms with E-state index in [2.05, 4.69) is 5.32 Å². The van der Waals surface area contributed by atoms with E-state index in [0.717, 1.165) is 11.1 Å². The van der Waals surface area contributed by atoms with E-state index < -0.39 is 11.6 Å². The van der Waals surface area contributed by atoms with E-state index in [1.165, 1.54) is 0 Å². The minimum absolute atomic E-state index is 0.0569. The van der Waals surface area contributed by atoms with Gasteiger partial charge in [-0.3, -0.25) is 9.59 Å². The van der Waals surface area contributed by atoms with Gasteiger partial charge in [-0.15, -0.1) is 11.6 Å². The van der Waals surface area contributed by atoms with Crippen LogP contribution in [0.5, 0.6) is 0 Å². The predicted octanol–water partition coefficient (Wildman–Crippen LogP) is 4.75. The summed E-state index contributed by atoms with van der Waals surface area (Å²) in [4.78, 5) is 28.1. The smallest absolute Gasteiger partial charge is 0.251 e. The molecule has 0 aromatic heterocycles. The number of fused-ring (bicyclic) bond motifs is 1. The van der Waals surface area contributed by atoms with Crippen LogP contribution in [-0.4, -0.2) is 41.4 Å². The molecule has 5 nitrogen and oxygen atoms in total. The van der Waals surface area contributed by atoms with Crippen molar-refractivity contribution in [3.05, 3.63) is 70.2 Å². The molecule has 7 heteroatoms. The van der Waals surface area contributed by atoms with Crippen molar-refractivity contribution < 1.29 is 14.3 Å². The first-order valence-corrected chi connectivity index (χ1v) is 11.8. The molecule has 32 heavy (non-hydrogen) atoms. The molecule has 4 rings (SSSR count). The highest BCUT2D eigenvalue weighted by atomic mass is 35.5. The van der Waals surface area contributed by atoms with Crippen LogP contribution in [0.15, 0.2) is 48.5 Å². The fourth-order valence-corrected chi connectivity index (χ4v) is 5.01. The zero-order valence-corrected chi connectivity index (χ0v) is 20.0. The van der Waals surface area contributed by atoms with Crippen molar-refractivity contribution in [2.45, 2.75) is 50.3 Å². The van der Waals surface area contributed by atoms with Gasteiger partial charge < -0.3 is 15.0 Å². The molecule has 1 N–H and O–H groups in total. The van der Waals surface area contributed by atoms with Gasteiger partial charge in [-0.1, -0.05) is 49.7 Å². The van der Waals surface area contributed by atoms with Gasteiger partial charge in [-0.25, -0.2) is 0 Å². The number of hydrogen-bond acceptors (Lipinski definition) is 3. The fourth-order valence-electron chi connectivity index (χ4n) is 4.72. The highest BCUT2D eigenvalue weighted by Crippen LogP contribution is 2.60. The molecule has 0 radical (unpaired) electrons. The number of amides is 2. The fraction of sp³-hybridized carbons (Fsp3) is 0.440. The molecule has 2 amide bonds. The summed E-state index contributed by atoms with van der Waals surface area (Å²) in [5, 5.41) is 3.63. The molecule has 170 valence electrons. The number of nitrogens with one attached hydrogen (secondary N) is 1. The Labute approximate surface area is 199 Å². The highest BCUT2D eigenvalue weighted by Gasteiger charge is 2.70. The topological polar surface area (TPSA) is 61.9 Å². The van der Waals surface area contributed by atoms with Crippen LogP contribution in [0.1, 0.15) is 48.7 Å². The van der Waals surface area contributed by atoms with E-state index in [1.54, 1.807) is 18.2 Å². The quantitative estimate of drug-likeness (QED) is 0.485. The maximum Gasteiger partial charge on any atom is 0.251 e. The summed E-state index contributed by atoms with van der Waals surface area (Å²) in [5.41, 5.74) is 1.62. The Morgan fingerprint density at radius 1 is 1.19 bits per heavy atom. The third kappa shape index (κ3) is 4.14. The van der Waals surface area contributed by atoms with Crippen molar-refractivity contribution in [3.63, 3.8) is 0 Å². The number of halogens is 2. The summed E-state index contributed by atoms with van der Waals surface area (Å²) in [6.07, 6.45) is 0.702. The Morgan fingerprint density at radius 3 is 2.53 bits per heavy atom. The highest BCUT2D eigenvalue weighted by molar-refractivity contribution is 6.30. The van der Waals surface area contributed by atoms with E-state index in [-0.39, 0.29) is 23.3 Å². The number of epoxide rings is 1. The van der Waals surface area contributed by atoms with Crippen molar-refractivity contribution in [3.8, 4) is 0 Å². The minimum Gasteiger partial charge on any atom is -0.356 e. The van der Waals surface area contributed by atoms with Gasteiger partial charge in [0.25, 0.3) is 5.91 Å². The average molecular weight is 475 g/mol. The van der Waals surface area contributed by atoms with Crippen LogP contribution < -0.4 is 5.32 Å². The molecule has 2 saturated heterocycles. The van der Waals surface area contributed by atoms with E-state index in [1.807, 2.05) is 56.0 Å². The molecular formula is C25H28Cl2N2O3. The normalized spacial score (nSPS) is 25.2. The molecular weight excluding hydrogens is 447 g/mol. The van der Waals surface area contributed by atoms with Gasteiger partial charge >= 0.3 is 0 Å². The summed E-state index contributed by atoms with van der Waals surface area (Å²) in [6, 6.07) is 14.3. The molecule has 0 spiro atoms. The SMILES string of the molecule is CC(C)[C@@H](NC(=O)c1cccc(CCl)c1)C(=O)N1CC[C@@]2(c3ccc(Cl)cc3)OC2(C)C1. The number of carbonyl (C=O) groups is 2. The lowest BCUT2D eigenvalue weighted by Gasteiger charge is -2.36. The van der Waals surface area contributed by atoms with E-state index >= 15 is 0 Å². The van der Waals surface area contributed by atoms with E-state index in [4.69, 9.17) is 27.9 Å². The second kappa shape index (κ2) is 8.69. The van der Waals surface area contributed by atoms with Crippen molar-refractivity contribution in [1.29, 1.82) is 0 Å². The third-order valence-electron chi connectivity index (χ3n) is 6.62. The molecule has 2 aromatic carbocycles. The van der Waals surface area contributed by atoms with Gasteiger partial charge in [-0.2, -0.15) is 0 Å². The Balaban J connectivity index is 1.47. The molecule has 3 atom stereocenters. The Hall–Kier alpha value is -2.08. The van der Waals surface area contributed by atoms with Crippen molar-refractivity contribution in [2.24, 2.45) is 5.92 Å². The van der Waals surface area contributed by atoms with Gasteiger partial charge in [0.2, 0.25) is 5.91 Å². The van der Waals surface area contributed by atoms with Gasteiger partial charge in [0, 0.05) is 29.4 Å². The van der Waals surface area contributed by atoms with Crippen LogP contribution in [0.25, 0.3) is 0 Å². The molecule has 2 heterocycles. The number of rotatable bonds is 6. The number of carbonyl (C=O) groups excluding carboxylic acids is 2. The van der Waals surface area contributed by atoms with E-state index in [9.17, 15) is 9.59 Å². The Morgan fingerprint density at radius 2 is 1.91 bits per heavy atom. The maximum absolute atomic E-state index is 13.4. The van der Waals surface area contributed by atoms with Crippen LogP contribution in [-0.2, 0) is 21.0 Å². The second-order valence-electron chi connectivity index (χ2n) is 9.21. The summed E-state index contributed by atoms with van der Waals surface area (Å²) in [6.45, 7) is 6.97.